The highest BCUT2D eigenvalue weighted by Gasteiger charge is 2.21. The molecule has 4 aromatic rings. The molecule has 5 heteroatoms. The summed E-state index contributed by atoms with van der Waals surface area (Å²) in [6.45, 7) is 1.56. The van der Waals surface area contributed by atoms with Gasteiger partial charge in [0, 0.05) is 43.4 Å². The van der Waals surface area contributed by atoms with Crippen LogP contribution in [0.5, 0.6) is 0 Å². The molecule has 0 N–H and O–H groups in total. The van der Waals surface area contributed by atoms with Crippen molar-refractivity contribution in [3.63, 3.8) is 0 Å². The summed E-state index contributed by atoms with van der Waals surface area (Å²) < 4.78 is 1.65. The predicted molar refractivity (Wildman–Crippen MR) is 111 cm³/mol. The number of rotatable bonds is 2. The summed E-state index contributed by atoms with van der Waals surface area (Å²) in [4.78, 5) is 24.0. The molecular formula is C23H20N4O. The Morgan fingerprint density at radius 3 is 2.57 bits per heavy atom. The lowest BCUT2D eigenvalue weighted by Gasteiger charge is -2.31. The van der Waals surface area contributed by atoms with Crippen LogP contribution in [-0.4, -0.2) is 21.1 Å². The van der Waals surface area contributed by atoms with Gasteiger partial charge in [-0.25, -0.2) is 9.97 Å². The van der Waals surface area contributed by atoms with Gasteiger partial charge in [0.2, 0.25) is 0 Å². The quantitative estimate of drug-likeness (QED) is 0.543. The fourth-order valence-corrected chi connectivity index (χ4v) is 3.84. The minimum absolute atomic E-state index is 0.0473. The highest BCUT2D eigenvalue weighted by molar-refractivity contribution is 5.91. The van der Waals surface area contributed by atoms with Gasteiger partial charge in [0.25, 0.3) is 5.56 Å². The maximum atomic E-state index is 11.9. The van der Waals surface area contributed by atoms with Crippen LogP contribution in [-0.2, 0) is 20.0 Å². The lowest BCUT2D eigenvalue weighted by Crippen LogP contribution is -2.33. The first-order valence-corrected chi connectivity index (χ1v) is 9.44. The summed E-state index contributed by atoms with van der Waals surface area (Å²) in [6, 6.07) is 20.0. The molecule has 0 fully saturated rings. The number of para-hydroxylation sites is 1. The van der Waals surface area contributed by atoms with Crippen LogP contribution in [0.4, 0.5) is 5.82 Å². The van der Waals surface area contributed by atoms with Crippen molar-refractivity contribution in [1.29, 1.82) is 0 Å². The van der Waals surface area contributed by atoms with E-state index in [1.807, 2.05) is 54.7 Å². The molecule has 0 saturated carbocycles. The van der Waals surface area contributed by atoms with E-state index < -0.39 is 0 Å². The number of benzene rings is 2. The number of anilines is 1. The van der Waals surface area contributed by atoms with Crippen LogP contribution >= 0.6 is 0 Å². The van der Waals surface area contributed by atoms with Crippen molar-refractivity contribution in [2.45, 2.75) is 13.0 Å². The summed E-state index contributed by atoms with van der Waals surface area (Å²) in [5, 5.41) is 1.05. The van der Waals surface area contributed by atoms with Crippen molar-refractivity contribution in [1.82, 2.24) is 14.5 Å². The third kappa shape index (κ3) is 2.85. The van der Waals surface area contributed by atoms with Crippen molar-refractivity contribution in [2.75, 3.05) is 11.4 Å². The molecule has 28 heavy (non-hydrogen) atoms. The van der Waals surface area contributed by atoms with E-state index in [1.165, 1.54) is 5.56 Å². The summed E-state index contributed by atoms with van der Waals surface area (Å²) in [7, 11) is 1.80. The molecule has 0 spiro atoms. The van der Waals surface area contributed by atoms with Crippen molar-refractivity contribution < 1.29 is 0 Å². The second-order valence-corrected chi connectivity index (χ2v) is 7.20. The Bertz CT molecular complexity index is 1230. The third-order valence-electron chi connectivity index (χ3n) is 5.33. The second kappa shape index (κ2) is 6.60. The van der Waals surface area contributed by atoms with Crippen molar-refractivity contribution in [3.05, 3.63) is 88.3 Å². The molecule has 1 aliphatic heterocycles. The van der Waals surface area contributed by atoms with Crippen molar-refractivity contribution in [2.24, 2.45) is 7.05 Å². The Hall–Kier alpha value is -3.47. The Morgan fingerprint density at radius 1 is 0.929 bits per heavy atom. The molecule has 1 aliphatic rings. The minimum atomic E-state index is 0.0473. The average Bonchev–Trinajstić information content (AvgIpc) is 2.74. The molecular weight excluding hydrogens is 348 g/mol. The summed E-state index contributed by atoms with van der Waals surface area (Å²) in [5.74, 6) is 1.68. The zero-order valence-electron chi connectivity index (χ0n) is 15.7. The molecule has 138 valence electrons. The number of aryl methyl sites for hydroxylation is 1. The Balaban J connectivity index is 1.64. The molecule has 2 aromatic heterocycles. The molecule has 5 nitrogen and oxygen atoms in total. The van der Waals surface area contributed by atoms with Gasteiger partial charge in [0.15, 0.2) is 5.82 Å². The molecule has 0 aliphatic carbocycles. The first-order valence-electron chi connectivity index (χ1n) is 9.44. The average molecular weight is 368 g/mol. The summed E-state index contributed by atoms with van der Waals surface area (Å²) in [6.07, 6.45) is 2.79. The normalized spacial score (nSPS) is 13.5. The van der Waals surface area contributed by atoms with E-state index in [-0.39, 0.29) is 5.56 Å². The van der Waals surface area contributed by atoms with E-state index in [4.69, 9.17) is 9.97 Å². The monoisotopic (exact) mass is 368 g/mol. The number of hydrogen-bond acceptors (Lipinski definition) is 4. The van der Waals surface area contributed by atoms with Crippen molar-refractivity contribution in [3.8, 4) is 11.4 Å². The lowest BCUT2D eigenvalue weighted by molar-refractivity contribution is 0.701. The lowest BCUT2D eigenvalue weighted by atomic mass is 10.0. The highest BCUT2D eigenvalue weighted by atomic mass is 16.1. The fraction of sp³-hybridized carbons (Fsp3) is 0.174. The molecule has 3 heterocycles. The van der Waals surface area contributed by atoms with E-state index in [2.05, 4.69) is 11.0 Å². The summed E-state index contributed by atoms with van der Waals surface area (Å²) >= 11 is 0. The van der Waals surface area contributed by atoms with Crippen LogP contribution in [0.2, 0.25) is 0 Å². The molecule has 0 saturated heterocycles. The van der Waals surface area contributed by atoms with Crippen LogP contribution in [0, 0.1) is 0 Å². The van der Waals surface area contributed by atoms with Gasteiger partial charge >= 0.3 is 0 Å². The van der Waals surface area contributed by atoms with Gasteiger partial charge in [-0.1, -0.05) is 42.5 Å². The predicted octanol–water partition coefficient (Wildman–Crippen LogP) is 3.56. The maximum Gasteiger partial charge on any atom is 0.250 e. The smallest absolute Gasteiger partial charge is 0.250 e. The van der Waals surface area contributed by atoms with Gasteiger partial charge in [-0.05, 0) is 29.7 Å². The van der Waals surface area contributed by atoms with Gasteiger partial charge in [-0.15, -0.1) is 0 Å². The van der Waals surface area contributed by atoms with Gasteiger partial charge < -0.3 is 9.47 Å². The number of hydrogen-bond donors (Lipinski definition) is 0. The SMILES string of the molecule is Cn1cc2c(cc1=O)CCN(c1nc(-c3ccccc3)nc3ccccc13)C2. The first kappa shape index (κ1) is 16.7. The zero-order chi connectivity index (χ0) is 19.1. The number of aromatic nitrogens is 3. The van der Waals surface area contributed by atoms with Crippen molar-refractivity contribution >= 4 is 16.7 Å². The van der Waals surface area contributed by atoms with Crippen LogP contribution in [0.25, 0.3) is 22.3 Å². The largest absolute Gasteiger partial charge is 0.351 e. The Kier molecular flexibility index (Phi) is 3.93. The molecule has 0 bridgehead atoms. The molecule has 0 unspecified atom stereocenters. The number of nitrogens with zero attached hydrogens (tertiary/aromatic N) is 4. The molecule has 5 rings (SSSR count). The third-order valence-corrected chi connectivity index (χ3v) is 5.33. The maximum absolute atomic E-state index is 11.9. The van der Waals surface area contributed by atoms with E-state index in [1.54, 1.807) is 17.7 Å². The van der Waals surface area contributed by atoms with E-state index in [0.717, 1.165) is 53.2 Å². The first-order chi connectivity index (χ1) is 13.7. The Morgan fingerprint density at radius 2 is 1.71 bits per heavy atom. The van der Waals surface area contributed by atoms with Crippen LogP contribution < -0.4 is 10.5 Å². The molecule has 2 aromatic carbocycles. The molecule has 0 atom stereocenters. The second-order valence-electron chi connectivity index (χ2n) is 7.20. The molecule has 0 amide bonds. The van der Waals surface area contributed by atoms with Crippen LogP contribution in [0.3, 0.4) is 0 Å². The Labute approximate surface area is 162 Å². The van der Waals surface area contributed by atoms with Gasteiger partial charge in [0.1, 0.15) is 5.82 Å². The summed E-state index contributed by atoms with van der Waals surface area (Å²) in [5.41, 5.74) is 4.32. The van der Waals surface area contributed by atoms with Crippen LogP contribution in [0.1, 0.15) is 11.1 Å². The highest BCUT2D eigenvalue weighted by Crippen LogP contribution is 2.30. The fourth-order valence-electron chi connectivity index (χ4n) is 3.84. The standard InChI is InChI=1S/C23H20N4O/c1-26-14-18-15-27(12-11-17(18)13-21(26)28)23-19-9-5-6-10-20(19)24-22(25-23)16-7-3-2-4-8-16/h2-10,13-14H,11-12,15H2,1H3. The van der Waals surface area contributed by atoms with Gasteiger partial charge in [0.05, 0.1) is 5.52 Å². The zero-order valence-corrected chi connectivity index (χ0v) is 15.7. The minimum Gasteiger partial charge on any atom is -0.351 e. The van der Waals surface area contributed by atoms with Gasteiger partial charge in [-0.2, -0.15) is 0 Å². The van der Waals surface area contributed by atoms with E-state index in [0.29, 0.717) is 0 Å². The number of fused-ring (bicyclic) bond motifs is 2. The number of pyridine rings is 1. The molecule has 0 radical (unpaired) electrons. The van der Waals surface area contributed by atoms with Crippen LogP contribution in [0.15, 0.2) is 71.7 Å². The van der Waals surface area contributed by atoms with E-state index in [9.17, 15) is 4.79 Å². The topological polar surface area (TPSA) is 51.0 Å². The van der Waals surface area contributed by atoms with E-state index >= 15 is 0 Å². The van der Waals surface area contributed by atoms with Gasteiger partial charge in [-0.3, -0.25) is 4.79 Å².